The molecule has 1 amide bonds. The topological polar surface area (TPSA) is 48.0 Å². The molecule has 1 aromatic rings. The average molecular weight is 237 g/mol. The molecule has 1 unspecified atom stereocenters. The van der Waals surface area contributed by atoms with Gasteiger partial charge in [0.05, 0.1) is 0 Å². The quantitative estimate of drug-likeness (QED) is 0.801. The van der Waals surface area contributed by atoms with Crippen LogP contribution < -0.4 is 0 Å². The van der Waals surface area contributed by atoms with Crippen LogP contribution in [0.4, 0.5) is 4.79 Å². The van der Waals surface area contributed by atoms with Crippen molar-refractivity contribution in [1.82, 2.24) is 4.90 Å². The maximum absolute atomic E-state index is 11.7. The third kappa shape index (κ3) is 3.44. The number of benzene rings is 1. The summed E-state index contributed by atoms with van der Waals surface area (Å²) in [5.74, 6) is 0. The minimum absolute atomic E-state index is 0.181. The minimum Gasteiger partial charge on any atom is -0.417 e. The Morgan fingerprint density at radius 2 is 2.24 bits per heavy atom. The molecular formula is C12H15NO4. The van der Waals surface area contributed by atoms with Crippen LogP contribution in [0.5, 0.6) is 0 Å². The molecule has 0 radical (unpaired) electrons. The zero-order valence-corrected chi connectivity index (χ0v) is 9.67. The lowest BCUT2D eigenvalue weighted by Gasteiger charge is -2.18. The van der Waals surface area contributed by atoms with Gasteiger partial charge in [-0.15, -0.1) is 0 Å². The molecule has 0 N–H and O–H groups in total. The average Bonchev–Trinajstić information content (AvgIpc) is 2.83. The van der Waals surface area contributed by atoms with E-state index >= 15 is 0 Å². The van der Waals surface area contributed by atoms with Crippen molar-refractivity contribution < 1.29 is 19.0 Å². The highest BCUT2D eigenvalue weighted by Gasteiger charge is 2.22. The Morgan fingerprint density at radius 1 is 1.47 bits per heavy atom. The summed E-state index contributed by atoms with van der Waals surface area (Å²) in [6.45, 7) is 0.985. The first-order valence-corrected chi connectivity index (χ1v) is 5.41. The molecule has 17 heavy (non-hydrogen) atoms. The van der Waals surface area contributed by atoms with Crippen LogP contribution in [-0.2, 0) is 20.8 Å². The number of rotatable bonds is 3. The predicted molar refractivity (Wildman–Crippen MR) is 60.1 cm³/mol. The number of amides is 1. The maximum atomic E-state index is 11.7. The molecule has 92 valence electrons. The molecule has 1 atom stereocenters. The van der Waals surface area contributed by atoms with Crippen LogP contribution in [0.3, 0.4) is 0 Å². The van der Waals surface area contributed by atoms with Gasteiger partial charge >= 0.3 is 6.09 Å². The summed E-state index contributed by atoms with van der Waals surface area (Å²) in [5.41, 5.74) is 1.05. The van der Waals surface area contributed by atoms with Crippen molar-refractivity contribution in [3.05, 3.63) is 35.9 Å². The molecule has 1 aliphatic heterocycles. The summed E-state index contributed by atoms with van der Waals surface area (Å²) < 4.78 is 15.1. The van der Waals surface area contributed by atoms with E-state index in [1.54, 1.807) is 7.05 Å². The molecule has 0 saturated carbocycles. The van der Waals surface area contributed by atoms with Gasteiger partial charge in [-0.25, -0.2) is 4.79 Å². The van der Waals surface area contributed by atoms with Crippen molar-refractivity contribution in [2.24, 2.45) is 0 Å². The van der Waals surface area contributed by atoms with Gasteiger partial charge in [0, 0.05) is 13.6 Å². The molecule has 5 heteroatoms. The largest absolute Gasteiger partial charge is 0.417 e. The molecule has 1 fully saturated rings. The van der Waals surface area contributed by atoms with Crippen molar-refractivity contribution in [3.63, 3.8) is 0 Å². The molecule has 1 saturated heterocycles. The third-order valence-corrected chi connectivity index (χ3v) is 2.40. The number of hydrogen-bond donors (Lipinski definition) is 0. The Labute approximate surface area is 99.9 Å². The van der Waals surface area contributed by atoms with Gasteiger partial charge < -0.3 is 19.1 Å². The lowest BCUT2D eigenvalue weighted by molar-refractivity contribution is -0.0746. The summed E-state index contributed by atoms with van der Waals surface area (Å²) >= 11 is 0. The van der Waals surface area contributed by atoms with Gasteiger partial charge in [-0.2, -0.15) is 0 Å². The molecule has 0 aliphatic carbocycles. The van der Waals surface area contributed by atoms with E-state index in [1.165, 1.54) is 4.90 Å². The molecule has 1 aromatic carbocycles. The first-order chi connectivity index (χ1) is 8.25. The van der Waals surface area contributed by atoms with E-state index in [0.29, 0.717) is 13.2 Å². The lowest BCUT2D eigenvalue weighted by atomic mass is 10.2. The number of hydrogen-bond acceptors (Lipinski definition) is 4. The number of ether oxygens (including phenoxy) is 3. The Bertz CT molecular complexity index is 362. The van der Waals surface area contributed by atoms with Gasteiger partial charge in [0.15, 0.2) is 6.79 Å². The van der Waals surface area contributed by atoms with E-state index in [9.17, 15) is 4.79 Å². The Kier molecular flexibility index (Phi) is 3.95. The van der Waals surface area contributed by atoms with E-state index in [1.807, 2.05) is 30.3 Å². The van der Waals surface area contributed by atoms with Crippen molar-refractivity contribution in [2.45, 2.75) is 12.8 Å². The van der Waals surface area contributed by atoms with Crippen LogP contribution in [0.25, 0.3) is 0 Å². The number of nitrogens with zero attached hydrogens (tertiary/aromatic N) is 1. The second-order valence-corrected chi connectivity index (χ2v) is 3.81. The van der Waals surface area contributed by atoms with Crippen molar-refractivity contribution >= 4 is 6.09 Å². The summed E-state index contributed by atoms with van der Waals surface area (Å²) in [6.07, 6.45) is -0.995. The molecule has 5 nitrogen and oxygen atoms in total. The Morgan fingerprint density at radius 3 is 2.88 bits per heavy atom. The smallest absolute Gasteiger partial charge is 0.412 e. The fourth-order valence-corrected chi connectivity index (χ4v) is 1.51. The van der Waals surface area contributed by atoms with Gasteiger partial charge in [0.25, 0.3) is 0 Å². The van der Waals surface area contributed by atoms with Crippen LogP contribution in [-0.4, -0.2) is 37.7 Å². The van der Waals surface area contributed by atoms with Gasteiger partial charge in [-0.05, 0) is 5.56 Å². The summed E-state index contributed by atoms with van der Waals surface area (Å²) in [6, 6.07) is 9.72. The second kappa shape index (κ2) is 5.65. The Balaban J connectivity index is 1.82. The number of carbonyl (C=O) groups excluding carboxylic acids is 1. The van der Waals surface area contributed by atoms with Gasteiger partial charge in [0.2, 0.25) is 6.29 Å². The standard InChI is InChI=1S/C12H15NO4/c1-13(7-10-5-3-2-4-6-10)12(14)17-11-8-15-9-16-11/h2-6,11H,7-9H2,1H3. The lowest BCUT2D eigenvalue weighted by Crippen LogP contribution is -2.31. The normalized spacial score (nSPS) is 19.0. The van der Waals surface area contributed by atoms with Crippen LogP contribution in [0.15, 0.2) is 30.3 Å². The van der Waals surface area contributed by atoms with Crippen molar-refractivity contribution in [2.75, 3.05) is 20.4 Å². The van der Waals surface area contributed by atoms with E-state index < -0.39 is 12.4 Å². The Hall–Kier alpha value is -1.59. The van der Waals surface area contributed by atoms with Crippen LogP contribution in [0.2, 0.25) is 0 Å². The second-order valence-electron chi connectivity index (χ2n) is 3.81. The molecular weight excluding hydrogens is 222 g/mol. The molecule has 0 spiro atoms. The molecule has 0 aromatic heterocycles. The van der Waals surface area contributed by atoms with Crippen molar-refractivity contribution in [1.29, 1.82) is 0 Å². The predicted octanol–water partition coefficient (Wildman–Crippen LogP) is 1.59. The highest BCUT2D eigenvalue weighted by atomic mass is 16.8. The van der Waals surface area contributed by atoms with E-state index in [-0.39, 0.29) is 6.79 Å². The summed E-state index contributed by atoms with van der Waals surface area (Å²) in [5, 5.41) is 0. The van der Waals surface area contributed by atoms with Crippen LogP contribution >= 0.6 is 0 Å². The first-order valence-electron chi connectivity index (χ1n) is 5.41. The van der Waals surface area contributed by atoms with E-state index in [0.717, 1.165) is 5.56 Å². The minimum atomic E-state index is -0.583. The SMILES string of the molecule is CN(Cc1ccccc1)C(=O)OC1COCO1. The highest BCUT2D eigenvalue weighted by Crippen LogP contribution is 2.08. The monoisotopic (exact) mass is 237 g/mol. The summed E-state index contributed by atoms with van der Waals surface area (Å²) in [7, 11) is 1.69. The highest BCUT2D eigenvalue weighted by molar-refractivity contribution is 5.67. The maximum Gasteiger partial charge on any atom is 0.412 e. The molecule has 1 heterocycles. The van der Waals surface area contributed by atoms with Gasteiger partial charge in [-0.1, -0.05) is 30.3 Å². The molecule has 2 rings (SSSR count). The van der Waals surface area contributed by atoms with Gasteiger partial charge in [-0.3, -0.25) is 0 Å². The summed E-state index contributed by atoms with van der Waals surface area (Å²) in [4.78, 5) is 13.2. The first kappa shape index (κ1) is 11.9. The fraction of sp³-hybridized carbons (Fsp3) is 0.417. The zero-order chi connectivity index (χ0) is 12.1. The number of carbonyl (C=O) groups is 1. The fourth-order valence-electron chi connectivity index (χ4n) is 1.51. The van der Waals surface area contributed by atoms with E-state index in [4.69, 9.17) is 14.2 Å². The third-order valence-electron chi connectivity index (χ3n) is 2.40. The zero-order valence-electron chi connectivity index (χ0n) is 9.67. The van der Waals surface area contributed by atoms with Crippen LogP contribution in [0, 0.1) is 0 Å². The van der Waals surface area contributed by atoms with E-state index in [2.05, 4.69) is 0 Å². The van der Waals surface area contributed by atoms with Gasteiger partial charge in [0.1, 0.15) is 6.61 Å². The molecule has 0 bridgehead atoms. The van der Waals surface area contributed by atoms with Crippen LogP contribution in [0.1, 0.15) is 5.56 Å². The molecule has 1 aliphatic rings. The van der Waals surface area contributed by atoms with Crippen molar-refractivity contribution in [3.8, 4) is 0 Å².